The van der Waals surface area contributed by atoms with Gasteiger partial charge in [0.05, 0.1) is 11.6 Å². The molecule has 2 aliphatic rings. The van der Waals surface area contributed by atoms with Gasteiger partial charge in [-0.3, -0.25) is 14.2 Å². The maximum atomic E-state index is 13.4. The first-order valence-corrected chi connectivity index (χ1v) is 10.6. The third-order valence-electron chi connectivity index (χ3n) is 5.63. The van der Waals surface area contributed by atoms with Gasteiger partial charge in [0.25, 0.3) is 5.56 Å². The van der Waals surface area contributed by atoms with Gasteiger partial charge in [-0.2, -0.15) is 0 Å². The van der Waals surface area contributed by atoms with Gasteiger partial charge < -0.3 is 10.2 Å². The number of carbonyl (C=O) groups is 1. The molecule has 0 spiro atoms. The van der Waals surface area contributed by atoms with Gasteiger partial charge in [0.15, 0.2) is 5.78 Å². The Bertz CT molecular complexity index is 1090. The first-order chi connectivity index (χ1) is 13.6. The van der Waals surface area contributed by atoms with Gasteiger partial charge in [-0.15, -0.1) is 0 Å². The summed E-state index contributed by atoms with van der Waals surface area (Å²) in [4.78, 5) is 29.1. The molecule has 6 heteroatoms. The summed E-state index contributed by atoms with van der Waals surface area (Å²) < 4.78 is 1.87. The van der Waals surface area contributed by atoms with Crippen LogP contribution < -0.4 is 10.9 Å². The number of rotatable bonds is 6. The van der Waals surface area contributed by atoms with Gasteiger partial charge in [-0.25, -0.2) is 0 Å². The summed E-state index contributed by atoms with van der Waals surface area (Å²) in [7, 11) is 2.09. The van der Waals surface area contributed by atoms with E-state index in [0.29, 0.717) is 23.1 Å². The zero-order valence-corrected chi connectivity index (χ0v) is 16.7. The number of likely N-dealkylation sites (tertiary alicyclic amines) is 1. The van der Waals surface area contributed by atoms with Crippen molar-refractivity contribution in [2.45, 2.75) is 25.4 Å². The topological polar surface area (TPSA) is 54.3 Å². The third kappa shape index (κ3) is 3.16. The first-order valence-electron chi connectivity index (χ1n) is 9.81. The van der Waals surface area contributed by atoms with Crippen LogP contribution in [0.4, 0.5) is 5.00 Å². The third-order valence-corrected chi connectivity index (χ3v) is 6.79. The molecule has 144 valence electrons. The van der Waals surface area contributed by atoms with Crippen LogP contribution in [0, 0.1) is 5.92 Å². The maximum absolute atomic E-state index is 13.4. The van der Waals surface area contributed by atoms with Crippen LogP contribution in [0.25, 0.3) is 10.2 Å². The molecule has 5 nitrogen and oxygen atoms in total. The summed E-state index contributed by atoms with van der Waals surface area (Å²) in [6.45, 7) is 2.67. The van der Waals surface area contributed by atoms with Crippen LogP contribution in [-0.2, 0) is 6.54 Å². The summed E-state index contributed by atoms with van der Waals surface area (Å²) in [5.74, 6) is 0.606. The summed E-state index contributed by atoms with van der Waals surface area (Å²) >= 11 is 1.55. The van der Waals surface area contributed by atoms with Crippen LogP contribution in [0.3, 0.4) is 0 Å². The van der Waals surface area contributed by atoms with Crippen molar-refractivity contribution < 1.29 is 4.79 Å². The molecule has 1 saturated heterocycles. The highest BCUT2D eigenvalue weighted by atomic mass is 32.1. The number of pyridine rings is 1. The molecule has 3 heterocycles. The van der Waals surface area contributed by atoms with Crippen molar-refractivity contribution in [2.75, 3.05) is 25.5 Å². The van der Waals surface area contributed by atoms with Crippen molar-refractivity contribution in [1.29, 1.82) is 0 Å². The van der Waals surface area contributed by atoms with Gasteiger partial charge in [-0.05, 0) is 31.9 Å². The Labute approximate surface area is 167 Å². The number of thiophene rings is 1. The molecule has 2 fully saturated rings. The molecule has 5 rings (SSSR count). The van der Waals surface area contributed by atoms with Gasteiger partial charge in [0, 0.05) is 36.7 Å². The van der Waals surface area contributed by atoms with Crippen molar-refractivity contribution in [3.63, 3.8) is 0 Å². The minimum atomic E-state index is 0.0126. The molecule has 0 atom stereocenters. The Morgan fingerprint density at radius 3 is 2.57 bits per heavy atom. The second-order valence-electron chi connectivity index (χ2n) is 8.01. The van der Waals surface area contributed by atoms with E-state index >= 15 is 0 Å². The van der Waals surface area contributed by atoms with Crippen LogP contribution in [-0.4, -0.2) is 41.4 Å². The van der Waals surface area contributed by atoms with Crippen LogP contribution in [0.2, 0.25) is 0 Å². The molecule has 1 aliphatic heterocycles. The number of hydrogen-bond acceptors (Lipinski definition) is 5. The molecular weight excluding hydrogens is 370 g/mol. The average molecular weight is 394 g/mol. The van der Waals surface area contributed by atoms with Crippen LogP contribution in [0.15, 0.2) is 47.3 Å². The van der Waals surface area contributed by atoms with Crippen molar-refractivity contribution in [1.82, 2.24) is 9.47 Å². The second kappa shape index (κ2) is 6.87. The van der Waals surface area contributed by atoms with Crippen molar-refractivity contribution in [2.24, 2.45) is 5.92 Å². The van der Waals surface area contributed by atoms with E-state index in [4.69, 9.17) is 0 Å². The fourth-order valence-electron chi connectivity index (χ4n) is 3.90. The van der Waals surface area contributed by atoms with E-state index < -0.39 is 0 Å². The molecular formula is C22H23N3O2S. The number of benzene rings is 1. The fraction of sp³-hybridized carbons (Fsp3) is 0.364. The zero-order valence-electron chi connectivity index (χ0n) is 15.9. The molecule has 1 N–H and O–H groups in total. The number of aromatic nitrogens is 1. The van der Waals surface area contributed by atoms with E-state index in [2.05, 4.69) is 17.3 Å². The van der Waals surface area contributed by atoms with Gasteiger partial charge in [0.2, 0.25) is 0 Å². The maximum Gasteiger partial charge on any atom is 0.251 e. The highest BCUT2D eigenvalue weighted by Gasteiger charge is 2.29. The summed E-state index contributed by atoms with van der Waals surface area (Å²) in [6, 6.07) is 13.2. The normalized spacial score (nSPS) is 17.6. The molecule has 0 bridgehead atoms. The van der Waals surface area contributed by atoms with E-state index in [1.54, 1.807) is 17.4 Å². The molecule has 1 aromatic carbocycles. The Morgan fingerprint density at radius 1 is 1.14 bits per heavy atom. The quantitative estimate of drug-likeness (QED) is 0.652. The van der Waals surface area contributed by atoms with Gasteiger partial charge >= 0.3 is 0 Å². The van der Waals surface area contributed by atoms with E-state index in [1.807, 2.05) is 41.0 Å². The number of likely N-dealkylation sites (N-methyl/N-ethyl adjacent to an activating group) is 1. The number of nitrogens with zero attached hydrogens (tertiary/aromatic N) is 2. The Kier molecular flexibility index (Phi) is 4.33. The molecule has 28 heavy (non-hydrogen) atoms. The summed E-state index contributed by atoms with van der Waals surface area (Å²) in [5.41, 5.74) is 1.40. The lowest BCUT2D eigenvalue weighted by molar-refractivity contribution is 0.104. The molecule has 1 saturated carbocycles. The molecule has 0 amide bonds. The van der Waals surface area contributed by atoms with Crippen LogP contribution in [0.5, 0.6) is 0 Å². The van der Waals surface area contributed by atoms with Crippen LogP contribution >= 0.6 is 11.3 Å². The number of carbonyl (C=O) groups excluding carboxylic acids is 1. The zero-order chi connectivity index (χ0) is 19.3. The molecule has 0 unspecified atom stereocenters. The lowest BCUT2D eigenvalue weighted by Gasteiger charge is -2.37. The Hall–Kier alpha value is -2.44. The molecule has 2 aromatic heterocycles. The number of hydrogen-bond donors (Lipinski definition) is 1. The first kappa shape index (κ1) is 17.6. The highest BCUT2D eigenvalue weighted by Crippen LogP contribution is 2.39. The number of anilines is 1. The molecule has 0 radical (unpaired) electrons. The summed E-state index contributed by atoms with van der Waals surface area (Å²) in [6.07, 6.45) is 2.37. The lowest BCUT2D eigenvalue weighted by atomic mass is 10.0. The molecule has 3 aromatic rings. The van der Waals surface area contributed by atoms with Crippen molar-refractivity contribution >= 4 is 32.3 Å². The van der Waals surface area contributed by atoms with Crippen molar-refractivity contribution in [3.8, 4) is 0 Å². The van der Waals surface area contributed by atoms with Crippen molar-refractivity contribution in [3.05, 3.63) is 63.9 Å². The fourth-order valence-corrected chi connectivity index (χ4v) is 5.18. The van der Waals surface area contributed by atoms with E-state index in [1.165, 1.54) is 12.8 Å². The number of fused-ring (bicyclic) bond motifs is 1. The monoisotopic (exact) mass is 393 g/mol. The van der Waals surface area contributed by atoms with E-state index in [-0.39, 0.29) is 11.3 Å². The Balaban J connectivity index is 1.64. The standard InChI is InChI=1S/C22H23N3O2S/c1-24-12-16(13-24)23-21-19(20(27)15-5-3-2-4-6-15)17-9-10-18(26)25(22(17)28-21)11-14-7-8-14/h2-6,9-10,14,16,23H,7-8,11-13H2,1H3. The SMILES string of the molecule is CN1CC(Nc2sc3c(ccc(=O)n3CC3CC3)c2C(=O)c2ccccc2)C1. The van der Waals surface area contributed by atoms with E-state index in [0.717, 1.165) is 34.9 Å². The van der Waals surface area contributed by atoms with Gasteiger partial charge in [0.1, 0.15) is 9.83 Å². The smallest absolute Gasteiger partial charge is 0.251 e. The molecule has 1 aliphatic carbocycles. The lowest BCUT2D eigenvalue weighted by Crippen LogP contribution is -2.52. The predicted molar refractivity (Wildman–Crippen MR) is 114 cm³/mol. The van der Waals surface area contributed by atoms with E-state index in [9.17, 15) is 9.59 Å². The predicted octanol–water partition coefficient (Wildman–Crippen LogP) is 3.43. The van der Waals surface area contributed by atoms with Gasteiger partial charge in [-0.1, -0.05) is 41.7 Å². The Morgan fingerprint density at radius 2 is 1.89 bits per heavy atom. The average Bonchev–Trinajstić information content (AvgIpc) is 3.42. The number of nitrogens with one attached hydrogen (secondary N) is 1. The largest absolute Gasteiger partial charge is 0.371 e. The minimum Gasteiger partial charge on any atom is -0.371 e. The van der Waals surface area contributed by atoms with Crippen LogP contribution in [0.1, 0.15) is 28.8 Å². The second-order valence-corrected chi connectivity index (χ2v) is 9.01. The minimum absolute atomic E-state index is 0.0126. The summed E-state index contributed by atoms with van der Waals surface area (Å²) in [5, 5.41) is 5.34. The highest BCUT2D eigenvalue weighted by molar-refractivity contribution is 7.23. The number of ketones is 1.